The van der Waals surface area contributed by atoms with Gasteiger partial charge in [-0.1, -0.05) is 29.8 Å². The van der Waals surface area contributed by atoms with E-state index in [-0.39, 0.29) is 29.7 Å². The average Bonchev–Trinajstić information content (AvgIpc) is 3.42. The van der Waals surface area contributed by atoms with E-state index >= 15 is 4.39 Å². The van der Waals surface area contributed by atoms with Crippen LogP contribution in [0.5, 0.6) is 5.75 Å². The van der Waals surface area contributed by atoms with Gasteiger partial charge in [-0.3, -0.25) is 4.79 Å². The fourth-order valence-electron chi connectivity index (χ4n) is 5.78. The molecule has 46 heavy (non-hydrogen) atoms. The molecule has 10 heteroatoms. The molecule has 1 aliphatic rings. The van der Waals surface area contributed by atoms with Crippen molar-refractivity contribution in [3.8, 4) is 28.3 Å². The number of piperidine rings is 1. The van der Waals surface area contributed by atoms with E-state index < -0.39 is 11.8 Å². The molecular formula is C36H34ClFN4O4. The summed E-state index contributed by atoms with van der Waals surface area (Å²) in [5.41, 5.74) is 4.62. The highest BCUT2D eigenvalue weighted by atomic mass is 35.5. The maximum atomic E-state index is 15.9. The summed E-state index contributed by atoms with van der Waals surface area (Å²) in [6.45, 7) is 5.45. The van der Waals surface area contributed by atoms with Gasteiger partial charge in [-0.2, -0.15) is 0 Å². The van der Waals surface area contributed by atoms with Crippen LogP contribution in [0.1, 0.15) is 59.4 Å². The molecule has 1 aliphatic heterocycles. The van der Waals surface area contributed by atoms with Gasteiger partial charge in [0.25, 0.3) is 5.91 Å². The molecule has 0 aliphatic carbocycles. The second-order valence-electron chi connectivity index (χ2n) is 11.7. The maximum Gasteiger partial charge on any atom is 0.335 e. The lowest BCUT2D eigenvalue weighted by Gasteiger charge is -2.31. The fourth-order valence-corrected chi connectivity index (χ4v) is 5.90. The quantitative estimate of drug-likeness (QED) is 0.171. The molecule has 0 unspecified atom stereocenters. The number of hydrogen-bond donors (Lipinski definition) is 2. The second-order valence-corrected chi connectivity index (χ2v) is 12.1. The number of halogens is 2. The Morgan fingerprint density at radius 3 is 2.35 bits per heavy atom. The van der Waals surface area contributed by atoms with Crippen LogP contribution < -0.4 is 15.1 Å². The van der Waals surface area contributed by atoms with Crippen molar-refractivity contribution in [2.45, 2.75) is 45.8 Å². The third-order valence-corrected chi connectivity index (χ3v) is 8.26. The smallest absolute Gasteiger partial charge is 0.335 e. The summed E-state index contributed by atoms with van der Waals surface area (Å²) in [6, 6.07) is 22.3. The number of carbonyl (C=O) groups excluding carboxylic acids is 1. The first kappa shape index (κ1) is 31.1. The van der Waals surface area contributed by atoms with Crippen LogP contribution in [0.2, 0.25) is 5.02 Å². The molecule has 5 aromatic rings. The van der Waals surface area contributed by atoms with Gasteiger partial charge in [-0.05, 0) is 104 Å². The number of carbonyl (C=O) groups is 2. The number of amides is 1. The van der Waals surface area contributed by atoms with E-state index in [1.54, 1.807) is 48.5 Å². The number of ether oxygens (including phenoxy) is 1. The van der Waals surface area contributed by atoms with Gasteiger partial charge in [-0.15, -0.1) is 0 Å². The lowest BCUT2D eigenvalue weighted by molar-refractivity contribution is 0.0696. The van der Waals surface area contributed by atoms with Crippen molar-refractivity contribution in [2.24, 2.45) is 0 Å². The first-order chi connectivity index (χ1) is 22.2. The number of carboxylic acid groups (broad SMARTS) is 1. The molecule has 0 atom stereocenters. The van der Waals surface area contributed by atoms with Crippen molar-refractivity contribution >= 4 is 34.5 Å². The Hall–Kier alpha value is -4.89. The van der Waals surface area contributed by atoms with Gasteiger partial charge < -0.3 is 20.2 Å². The van der Waals surface area contributed by atoms with E-state index in [1.807, 2.05) is 36.7 Å². The molecule has 0 spiro atoms. The van der Waals surface area contributed by atoms with Crippen molar-refractivity contribution in [1.29, 1.82) is 0 Å². The summed E-state index contributed by atoms with van der Waals surface area (Å²) >= 11 is 6.12. The first-order valence-corrected chi connectivity index (χ1v) is 15.7. The van der Waals surface area contributed by atoms with E-state index in [2.05, 4.69) is 10.3 Å². The normalized spacial score (nSPS) is 13.3. The van der Waals surface area contributed by atoms with E-state index in [9.17, 15) is 14.7 Å². The summed E-state index contributed by atoms with van der Waals surface area (Å²) in [7, 11) is 0. The van der Waals surface area contributed by atoms with Crippen LogP contribution in [0.25, 0.3) is 33.5 Å². The third kappa shape index (κ3) is 6.55. The number of hydrogen-bond acceptors (Lipinski definition) is 5. The maximum absolute atomic E-state index is 15.9. The highest BCUT2D eigenvalue weighted by Crippen LogP contribution is 2.32. The molecule has 2 heterocycles. The molecule has 1 saturated heterocycles. The molecule has 1 fully saturated rings. The van der Waals surface area contributed by atoms with Gasteiger partial charge in [0.2, 0.25) is 0 Å². The van der Waals surface area contributed by atoms with Crippen LogP contribution in [0.3, 0.4) is 0 Å². The van der Waals surface area contributed by atoms with Crippen LogP contribution in [-0.2, 0) is 6.61 Å². The SMILES string of the molecule is CC(C)NC(=O)c1ccc(-c2ccc(Cl)cc2)c(COc2ccc(-c3nc4cc(C(=O)O)ccc4n3N3CCCCC3)c(F)c2)c1. The minimum Gasteiger partial charge on any atom is -0.489 e. The zero-order chi connectivity index (χ0) is 32.4. The molecule has 0 radical (unpaired) electrons. The Bertz CT molecular complexity index is 1920. The lowest BCUT2D eigenvalue weighted by atomic mass is 9.97. The van der Waals surface area contributed by atoms with Gasteiger partial charge >= 0.3 is 5.97 Å². The first-order valence-electron chi connectivity index (χ1n) is 15.3. The Labute approximate surface area is 271 Å². The third-order valence-electron chi connectivity index (χ3n) is 8.01. The number of benzene rings is 4. The number of imidazole rings is 1. The summed E-state index contributed by atoms with van der Waals surface area (Å²) in [6.07, 6.45) is 3.12. The van der Waals surface area contributed by atoms with Gasteiger partial charge in [0.05, 0.1) is 22.2 Å². The van der Waals surface area contributed by atoms with E-state index in [0.717, 1.165) is 54.6 Å². The number of aromatic carboxylic acids is 1. The zero-order valence-electron chi connectivity index (χ0n) is 25.6. The van der Waals surface area contributed by atoms with Crippen molar-refractivity contribution in [3.05, 3.63) is 106 Å². The monoisotopic (exact) mass is 640 g/mol. The van der Waals surface area contributed by atoms with Crippen LogP contribution in [0, 0.1) is 5.82 Å². The second kappa shape index (κ2) is 13.2. The Kier molecular flexibility index (Phi) is 8.94. The predicted molar refractivity (Wildman–Crippen MR) is 178 cm³/mol. The van der Waals surface area contributed by atoms with E-state index in [0.29, 0.717) is 27.7 Å². The van der Waals surface area contributed by atoms with E-state index in [1.165, 1.54) is 12.1 Å². The highest BCUT2D eigenvalue weighted by molar-refractivity contribution is 6.30. The molecule has 6 rings (SSSR count). The predicted octanol–water partition coefficient (Wildman–Crippen LogP) is 7.70. The molecule has 8 nitrogen and oxygen atoms in total. The van der Waals surface area contributed by atoms with Gasteiger partial charge in [0.1, 0.15) is 18.2 Å². The van der Waals surface area contributed by atoms with Crippen molar-refractivity contribution in [3.63, 3.8) is 0 Å². The van der Waals surface area contributed by atoms with Crippen LogP contribution in [0.4, 0.5) is 4.39 Å². The molecule has 0 saturated carbocycles. The Balaban J connectivity index is 1.32. The van der Waals surface area contributed by atoms with Crippen LogP contribution in [0.15, 0.2) is 78.9 Å². The van der Waals surface area contributed by atoms with E-state index in [4.69, 9.17) is 21.3 Å². The van der Waals surface area contributed by atoms with Gasteiger partial charge in [0.15, 0.2) is 5.82 Å². The van der Waals surface area contributed by atoms with Crippen molar-refractivity contribution < 1.29 is 23.8 Å². The minimum atomic E-state index is -1.05. The fraction of sp³-hybridized carbons (Fsp3) is 0.250. The molecule has 2 N–H and O–H groups in total. The minimum absolute atomic E-state index is 0.0213. The average molecular weight is 641 g/mol. The summed E-state index contributed by atoms with van der Waals surface area (Å²) in [4.78, 5) is 29.1. The molecular weight excluding hydrogens is 607 g/mol. The molecule has 1 amide bonds. The lowest BCUT2D eigenvalue weighted by Crippen LogP contribution is -2.39. The number of fused-ring (bicyclic) bond motifs is 1. The number of aromatic nitrogens is 2. The number of rotatable bonds is 9. The van der Waals surface area contributed by atoms with Crippen molar-refractivity contribution in [2.75, 3.05) is 18.1 Å². The summed E-state index contributed by atoms with van der Waals surface area (Å²) < 4.78 is 23.9. The largest absolute Gasteiger partial charge is 0.489 e. The number of nitrogens with zero attached hydrogens (tertiary/aromatic N) is 3. The number of carboxylic acids is 1. The summed E-state index contributed by atoms with van der Waals surface area (Å²) in [5, 5.41) is 15.2. The number of nitrogens with one attached hydrogen (secondary N) is 1. The summed E-state index contributed by atoms with van der Waals surface area (Å²) in [5.74, 6) is -1.05. The van der Waals surface area contributed by atoms with Crippen LogP contribution >= 0.6 is 11.6 Å². The van der Waals surface area contributed by atoms with Gasteiger partial charge in [0, 0.05) is 35.8 Å². The molecule has 4 aromatic carbocycles. The molecule has 1 aromatic heterocycles. The Morgan fingerprint density at radius 1 is 0.935 bits per heavy atom. The standard InChI is InChI=1S/C36H34ClFN4O4/c1-22(2)39-35(43)24-8-13-29(23-6-10-27(37)11-7-23)26(18-24)21-46-28-12-14-30(31(38)20-28)34-40-32-19-25(36(44)45)9-15-33(32)42(34)41-16-4-3-5-17-41/h6-15,18-20,22H,3-5,16-17,21H2,1-2H3,(H,39,43)(H,44,45). The van der Waals surface area contributed by atoms with Crippen molar-refractivity contribution in [1.82, 2.24) is 15.0 Å². The molecule has 0 bridgehead atoms. The van der Waals surface area contributed by atoms with Crippen LogP contribution in [-0.4, -0.2) is 45.8 Å². The zero-order valence-corrected chi connectivity index (χ0v) is 26.4. The Morgan fingerprint density at radius 2 is 1.65 bits per heavy atom. The topological polar surface area (TPSA) is 96.7 Å². The van der Waals surface area contributed by atoms with Gasteiger partial charge in [-0.25, -0.2) is 18.8 Å². The highest BCUT2D eigenvalue weighted by Gasteiger charge is 2.23. The molecule has 236 valence electrons.